The normalized spacial score (nSPS) is 14.6. The first-order valence-electron chi connectivity index (χ1n) is 10.6. The minimum atomic E-state index is -0.821. The number of nitrogens with two attached hydrogens (primary N) is 1. The number of ether oxygens (including phenoxy) is 1. The number of rotatable bonds is 6. The molecular weight excluding hydrogens is 406 g/mol. The summed E-state index contributed by atoms with van der Waals surface area (Å²) >= 11 is 0. The lowest BCUT2D eigenvalue weighted by Gasteiger charge is -2.28. The molecule has 0 saturated carbocycles. The van der Waals surface area contributed by atoms with Crippen molar-refractivity contribution >= 4 is 5.82 Å². The minimum Gasteiger partial charge on any atom is -0.438 e. The van der Waals surface area contributed by atoms with Gasteiger partial charge in [-0.3, -0.25) is 0 Å². The van der Waals surface area contributed by atoms with Gasteiger partial charge < -0.3 is 20.5 Å². The molecule has 1 fully saturated rings. The molecule has 1 aliphatic rings. The van der Waals surface area contributed by atoms with E-state index in [9.17, 15) is 10.4 Å². The average Bonchev–Trinajstić information content (AvgIpc) is 2.84. The number of nitrogens with zero attached hydrogens (tertiary/aromatic N) is 6. The van der Waals surface area contributed by atoms with Gasteiger partial charge in [0, 0.05) is 43.7 Å². The molecule has 3 N–H and O–H groups in total. The van der Waals surface area contributed by atoms with Crippen LogP contribution >= 0.6 is 0 Å². The number of aliphatic hydroxyl groups excluding tert-OH is 1. The van der Waals surface area contributed by atoms with Crippen LogP contribution in [-0.4, -0.2) is 44.7 Å². The summed E-state index contributed by atoms with van der Waals surface area (Å²) in [7, 11) is 0. The third-order valence-corrected chi connectivity index (χ3v) is 5.33. The quantitative estimate of drug-likeness (QED) is 0.604. The van der Waals surface area contributed by atoms with Gasteiger partial charge in [-0.1, -0.05) is 0 Å². The highest BCUT2D eigenvalue weighted by molar-refractivity contribution is 5.66. The molecule has 3 aromatic rings. The number of nitriles is 1. The number of hydrogen-bond donors (Lipinski definition) is 2. The summed E-state index contributed by atoms with van der Waals surface area (Å²) in [5, 5.41) is 19.2. The van der Waals surface area contributed by atoms with Gasteiger partial charge in [-0.2, -0.15) is 10.2 Å². The van der Waals surface area contributed by atoms with Gasteiger partial charge in [0.15, 0.2) is 5.82 Å². The van der Waals surface area contributed by atoms with E-state index in [2.05, 4.69) is 30.9 Å². The Labute approximate surface area is 186 Å². The summed E-state index contributed by atoms with van der Waals surface area (Å²) < 4.78 is 6.14. The fourth-order valence-electron chi connectivity index (χ4n) is 3.62. The molecule has 3 heterocycles. The van der Waals surface area contributed by atoms with Crippen molar-refractivity contribution in [2.75, 3.05) is 24.5 Å². The molecule has 1 saturated heterocycles. The zero-order valence-electron chi connectivity index (χ0n) is 17.9. The number of aromatic nitrogens is 4. The maximum Gasteiger partial charge on any atom is 0.224 e. The van der Waals surface area contributed by atoms with Crippen LogP contribution in [0.2, 0.25) is 0 Å². The Morgan fingerprint density at radius 3 is 2.59 bits per heavy atom. The molecule has 164 valence electrons. The lowest BCUT2D eigenvalue weighted by molar-refractivity contribution is 0.186. The molecule has 0 aliphatic carbocycles. The maximum atomic E-state index is 9.88. The molecule has 0 spiro atoms. The first kappa shape index (κ1) is 21.6. The molecule has 9 nitrogen and oxygen atoms in total. The molecule has 9 heteroatoms. The summed E-state index contributed by atoms with van der Waals surface area (Å²) in [5.74, 6) is 2.65. The molecule has 1 aromatic carbocycles. The van der Waals surface area contributed by atoms with Crippen molar-refractivity contribution < 1.29 is 9.84 Å². The number of piperidine rings is 1. The molecule has 0 bridgehead atoms. The summed E-state index contributed by atoms with van der Waals surface area (Å²) in [6.07, 6.45) is 5.75. The van der Waals surface area contributed by atoms with E-state index in [1.807, 2.05) is 13.0 Å². The Kier molecular flexibility index (Phi) is 6.54. The average molecular weight is 432 g/mol. The molecule has 32 heavy (non-hydrogen) atoms. The molecule has 0 amide bonds. The Hall–Kier alpha value is -3.61. The van der Waals surface area contributed by atoms with Gasteiger partial charge in [-0.15, -0.1) is 0 Å². The van der Waals surface area contributed by atoms with Gasteiger partial charge in [0.2, 0.25) is 5.88 Å². The number of aryl methyl sites for hydroxylation is 1. The van der Waals surface area contributed by atoms with Crippen LogP contribution in [0.15, 0.2) is 36.7 Å². The second kappa shape index (κ2) is 9.68. The zero-order valence-corrected chi connectivity index (χ0v) is 17.9. The van der Waals surface area contributed by atoms with E-state index in [1.165, 1.54) is 18.8 Å². The van der Waals surface area contributed by atoms with E-state index in [1.54, 1.807) is 18.2 Å². The van der Waals surface area contributed by atoms with Crippen molar-refractivity contribution in [1.29, 1.82) is 5.26 Å². The highest BCUT2D eigenvalue weighted by atomic mass is 16.5. The van der Waals surface area contributed by atoms with E-state index in [-0.39, 0.29) is 6.54 Å². The molecule has 1 aliphatic heterocycles. The molecule has 1 atom stereocenters. The van der Waals surface area contributed by atoms with Crippen molar-refractivity contribution in [1.82, 2.24) is 19.9 Å². The van der Waals surface area contributed by atoms with Gasteiger partial charge in [-0.05, 0) is 44.4 Å². The Morgan fingerprint density at radius 1 is 1.16 bits per heavy atom. The summed E-state index contributed by atoms with van der Waals surface area (Å²) in [6, 6.07) is 9.01. The van der Waals surface area contributed by atoms with Crippen LogP contribution in [0.1, 0.15) is 42.3 Å². The van der Waals surface area contributed by atoms with Gasteiger partial charge >= 0.3 is 0 Å². The number of aliphatic hydroxyl groups is 1. The van der Waals surface area contributed by atoms with Gasteiger partial charge in [0.1, 0.15) is 17.4 Å². The van der Waals surface area contributed by atoms with Crippen molar-refractivity contribution in [2.24, 2.45) is 5.73 Å². The Balaban J connectivity index is 1.68. The topological polar surface area (TPSA) is 134 Å². The lowest BCUT2D eigenvalue weighted by Crippen LogP contribution is -2.30. The second-order valence-corrected chi connectivity index (χ2v) is 7.68. The number of benzene rings is 1. The fourth-order valence-corrected chi connectivity index (χ4v) is 3.62. The van der Waals surface area contributed by atoms with Crippen molar-refractivity contribution in [3.63, 3.8) is 0 Å². The monoisotopic (exact) mass is 431 g/mol. The minimum absolute atomic E-state index is 0.0837. The maximum absolute atomic E-state index is 9.88. The molecule has 0 radical (unpaired) electrons. The second-order valence-electron chi connectivity index (χ2n) is 7.68. The van der Waals surface area contributed by atoms with Crippen LogP contribution in [0.3, 0.4) is 0 Å². The van der Waals surface area contributed by atoms with Crippen LogP contribution < -0.4 is 15.4 Å². The Bertz CT molecular complexity index is 1120. The molecule has 1 unspecified atom stereocenters. The third kappa shape index (κ3) is 4.82. The van der Waals surface area contributed by atoms with Crippen LogP contribution in [0, 0.1) is 18.3 Å². The van der Waals surface area contributed by atoms with Gasteiger partial charge in [0.25, 0.3) is 0 Å². The van der Waals surface area contributed by atoms with Crippen LogP contribution in [0.25, 0.3) is 11.4 Å². The highest BCUT2D eigenvalue weighted by Gasteiger charge is 2.17. The predicted molar refractivity (Wildman–Crippen MR) is 119 cm³/mol. The number of hydrogen-bond acceptors (Lipinski definition) is 9. The third-order valence-electron chi connectivity index (χ3n) is 5.33. The first-order chi connectivity index (χ1) is 15.6. The van der Waals surface area contributed by atoms with Crippen LogP contribution in [0.4, 0.5) is 5.82 Å². The summed E-state index contributed by atoms with van der Waals surface area (Å²) in [6.45, 7) is 3.83. The van der Waals surface area contributed by atoms with Crippen molar-refractivity contribution in [3.8, 4) is 29.1 Å². The smallest absolute Gasteiger partial charge is 0.224 e. The molecular formula is C23H25N7O2. The standard InChI is InChI=1S/C23H25N7O2/c1-15-28-21(30-7-3-2-4-8-30)10-22(29-15)32-20-9-16(11-24)5-6-18(20)23-26-13-17(14-27-23)19(31)12-25/h5-6,9-10,13-14,19,31H,2-4,7-8,12,25H2,1H3. The van der Waals surface area contributed by atoms with E-state index >= 15 is 0 Å². The van der Waals surface area contributed by atoms with E-state index < -0.39 is 6.10 Å². The lowest BCUT2D eigenvalue weighted by atomic mass is 10.1. The number of anilines is 1. The van der Waals surface area contributed by atoms with Crippen molar-refractivity contribution in [3.05, 3.63) is 53.6 Å². The SMILES string of the molecule is Cc1nc(Oc2cc(C#N)ccc2-c2ncc(C(O)CN)cn2)cc(N2CCCCC2)n1. The molecule has 2 aromatic heterocycles. The predicted octanol–water partition coefficient (Wildman–Crippen LogP) is 2.89. The largest absolute Gasteiger partial charge is 0.438 e. The van der Waals surface area contributed by atoms with Gasteiger partial charge in [0.05, 0.1) is 23.3 Å². The van der Waals surface area contributed by atoms with Crippen LogP contribution in [-0.2, 0) is 0 Å². The first-order valence-corrected chi connectivity index (χ1v) is 10.6. The van der Waals surface area contributed by atoms with Gasteiger partial charge in [-0.25, -0.2) is 15.0 Å². The summed E-state index contributed by atoms with van der Waals surface area (Å²) in [4.78, 5) is 19.9. The van der Waals surface area contributed by atoms with Crippen molar-refractivity contribution in [2.45, 2.75) is 32.3 Å². The van der Waals surface area contributed by atoms with E-state index in [4.69, 9.17) is 10.5 Å². The van der Waals surface area contributed by atoms with Crippen LogP contribution in [0.5, 0.6) is 11.6 Å². The molecule has 4 rings (SSSR count). The fraction of sp³-hybridized carbons (Fsp3) is 0.348. The van der Waals surface area contributed by atoms with E-state index in [0.717, 1.165) is 31.7 Å². The zero-order chi connectivity index (χ0) is 22.5. The van der Waals surface area contributed by atoms with E-state index in [0.29, 0.717) is 40.0 Å². The Morgan fingerprint density at radius 2 is 1.91 bits per heavy atom. The highest BCUT2D eigenvalue weighted by Crippen LogP contribution is 2.33. The summed E-state index contributed by atoms with van der Waals surface area (Å²) in [5.41, 5.74) is 7.08.